The molecular formula is C69H103N23O11S2. The van der Waals surface area contributed by atoms with E-state index in [-0.39, 0.29) is 96.5 Å². The number of guanidine groups is 1. The number of amides is 11. The summed E-state index contributed by atoms with van der Waals surface area (Å²) in [5.41, 5.74) is 26.0. The summed E-state index contributed by atoms with van der Waals surface area (Å²) in [4.78, 5) is 182. The van der Waals surface area contributed by atoms with Crippen LogP contribution < -0.4 is 86.7 Å². The maximum Gasteiger partial charge on any atom is 0.257 e. The molecule has 105 heavy (non-hydrogen) atoms. The van der Waals surface area contributed by atoms with Crippen molar-refractivity contribution < 1.29 is 52.7 Å². The van der Waals surface area contributed by atoms with E-state index in [1.165, 1.54) is 48.4 Å². The van der Waals surface area contributed by atoms with Crippen LogP contribution in [0.3, 0.4) is 0 Å². The fourth-order valence-electron chi connectivity index (χ4n) is 12.3. The molecule has 2 aliphatic heterocycles. The first-order chi connectivity index (χ1) is 50.6. The predicted octanol–water partition coefficient (Wildman–Crippen LogP) is -1.69. The minimum atomic E-state index is -1.47. The summed E-state index contributed by atoms with van der Waals surface area (Å²) < 4.78 is 0. The van der Waals surface area contributed by atoms with Crippen LogP contribution in [-0.2, 0) is 78.4 Å². The second-order valence-corrected chi connectivity index (χ2v) is 28.6. The lowest BCUT2D eigenvalue weighted by atomic mass is 10.0. The standard InChI is InChI=1S/C69H103N23O11S2/c1-40-57(93)81-41(2)58(94)84-48(21-9-12-26-70)59(95)85-49(22-10-13-27-71)60(96)86-50(23-11-14-28-72)61(97)87-51(24-15-29-77-69(73)74)62(98)91-67(105-104-3)68(103)92-30-16-25-56(92)83-54(33-44-36-75-38-79-44)65(101)88-52(31-42-17-5-4-6-18-42)64(100)90-55(34-45-37-76-39-80-45)66(102)89-53(63(99)82-40)32-43-35-78-47-20-8-7-19-46(43)47/h4-8,17-20,35-41,48-56,67,78,83H,9-16,21-34,70-72H2,1-3H3,(H,75,79)(H,76,80)(H,81,93)(H,82,99)(H,84,94)(H,85,95)(H,86,96)(H,87,97)(H,88,101)(H,89,102)(H,90,100)(H,91,98)(H4,73,74,77)/t40-,41-,48-,49-,50-,51-,52+,53-,54-,55-,56-,67?/m0/s1. The second-order valence-electron chi connectivity index (χ2n) is 26.1. The van der Waals surface area contributed by atoms with Crippen LogP contribution in [0.15, 0.2) is 85.8 Å². The number of imidazole rings is 2. The molecule has 0 saturated carbocycles. The minimum absolute atomic E-state index is 0.0319. The Labute approximate surface area is 617 Å². The number of carbonyl (C=O) groups excluding carboxylic acids is 11. The number of nitrogens with zero attached hydrogens (tertiary/aromatic N) is 3. The first-order valence-corrected chi connectivity index (χ1v) is 38.2. The van der Waals surface area contributed by atoms with Crippen LogP contribution in [0.5, 0.6) is 0 Å². The van der Waals surface area contributed by atoms with Gasteiger partial charge in [0.2, 0.25) is 59.1 Å². The molecule has 12 atom stereocenters. The van der Waals surface area contributed by atoms with Crippen molar-refractivity contribution in [2.45, 2.75) is 195 Å². The number of benzene rings is 2. The molecule has 2 fully saturated rings. The van der Waals surface area contributed by atoms with E-state index >= 15 is 19.2 Å². The Hall–Kier alpha value is -9.62. The highest BCUT2D eigenvalue weighted by molar-refractivity contribution is 8.76. The third kappa shape index (κ3) is 26.2. The van der Waals surface area contributed by atoms with E-state index in [9.17, 15) is 33.6 Å². The zero-order valence-electron chi connectivity index (χ0n) is 59.5. The first kappa shape index (κ1) is 82.7. The molecule has 572 valence electrons. The Morgan fingerprint density at radius 2 is 0.952 bits per heavy atom. The number of aromatic amines is 3. The minimum Gasteiger partial charge on any atom is -0.370 e. The van der Waals surface area contributed by atoms with Crippen LogP contribution in [0.4, 0.5) is 0 Å². The summed E-state index contributed by atoms with van der Waals surface area (Å²) in [5, 5.41) is 41.1. The number of hydrogen-bond acceptors (Lipinski definition) is 20. The maximum absolute atomic E-state index is 15.2. The average molecular weight is 1490 g/mol. The lowest BCUT2D eigenvalue weighted by Crippen LogP contribution is -2.61. The summed E-state index contributed by atoms with van der Waals surface area (Å²) in [6, 6.07) is 2.69. The largest absolute Gasteiger partial charge is 0.370 e. The van der Waals surface area contributed by atoms with Gasteiger partial charge in [0.15, 0.2) is 11.3 Å². The molecule has 34 nitrogen and oxygen atoms in total. The Kier molecular flexibility index (Phi) is 33.8. The number of hydrogen-bond donors (Lipinski definition) is 20. The van der Waals surface area contributed by atoms with Gasteiger partial charge >= 0.3 is 0 Å². The van der Waals surface area contributed by atoms with Gasteiger partial charge in [-0.3, -0.25) is 63.5 Å². The monoisotopic (exact) mass is 1490 g/mol. The van der Waals surface area contributed by atoms with E-state index in [4.69, 9.17) is 28.3 Å². The lowest BCUT2D eigenvalue weighted by molar-refractivity contribution is -0.137. The van der Waals surface area contributed by atoms with Gasteiger partial charge in [0, 0.05) is 68.3 Å². The third-order valence-corrected chi connectivity index (χ3v) is 19.9. The van der Waals surface area contributed by atoms with Crippen LogP contribution in [0.25, 0.3) is 10.9 Å². The number of fused-ring (bicyclic) bond motifs is 2. The van der Waals surface area contributed by atoms with Gasteiger partial charge in [-0.25, -0.2) is 9.97 Å². The highest BCUT2D eigenvalue weighted by Crippen LogP contribution is 2.28. The van der Waals surface area contributed by atoms with Gasteiger partial charge in [-0.05, 0) is 140 Å². The van der Waals surface area contributed by atoms with E-state index < -0.39 is 137 Å². The number of rotatable bonds is 26. The van der Waals surface area contributed by atoms with Crippen molar-refractivity contribution in [2.75, 3.05) is 39.0 Å². The molecule has 3 aromatic heterocycles. The van der Waals surface area contributed by atoms with Crippen molar-refractivity contribution in [3.05, 3.63) is 108 Å². The van der Waals surface area contributed by atoms with Gasteiger partial charge in [-0.2, -0.15) is 0 Å². The van der Waals surface area contributed by atoms with E-state index in [1.807, 2.05) is 18.2 Å². The Balaban J connectivity index is 1.28. The predicted molar refractivity (Wildman–Crippen MR) is 398 cm³/mol. The van der Waals surface area contributed by atoms with Gasteiger partial charge in [0.25, 0.3) is 5.91 Å². The summed E-state index contributed by atoms with van der Waals surface area (Å²) in [6.07, 6.45) is 11.4. The Morgan fingerprint density at radius 1 is 0.514 bits per heavy atom. The Bertz CT molecular complexity index is 3660. The van der Waals surface area contributed by atoms with Gasteiger partial charge in [-0.15, -0.1) is 0 Å². The number of H-pyrrole nitrogens is 3. The number of carbonyl (C=O) groups is 11. The molecule has 24 N–H and O–H groups in total. The smallest absolute Gasteiger partial charge is 0.257 e. The normalized spacial score (nSPS) is 24.4. The summed E-state index contributed by atoms with van der Waals surface area (Å²) >= 11 is 0. The zero-order valence-corrected chi connectivity index (χ0v) is 61.2. The second kappa shape index (κ2) is 43.0. The molecule has 1 unspecified atom stereocenters. The van der Waals surface area contributed by atoms with Gasteiger partial charge in [-0.1, -0.05) is 70.1 Å². The zero-order chi connectivity index (χ0) is 75.8. The number of nitrogens with two attached hydrogens (primary N) is 4. The van der Waals surface area contributed by atoms with E-state index in [0.29, 0.717) is 73.9 Å². The molecule has 2 saturated heterocycles. The van der Waals surface area contributed by atoms with Gasteiger partial charge in [0.05, 0.1) is 36.3 Å². The fraction of sp³-hybridized carbons (Fsp3) is 0.536. The quantitative estimate of drug-likeness (QED) is 0.0127. The summed E-state index contributed by atoms with van der Waals surface area (Å²) in [7, 11) is 2.22. The molecule has 2 aliphatic rings. The highest BCUT2D eigenvalue weighted by Gasteiger charge is 2.40. The molecule has 0 radical (unpaired) electrons. The van der Waals surface area contributed by atoms with Crippen LogP contribution >= 0.6 is 21.6 Å². The number of unbranched alkanes of at least 4 members (excludes halogenated alkanes) is 3. The highest BCUT2D eigenvalue weighted by atomic mass is 33.1. The number of aromatic nitrogens is 5. The van der Waals surface area contributed by atoms with E-state index in [1.54, 1.807) is 55.0 Å². The molecule has 11 amide bonds. The number of para-hydroxylation sites is 1. The molecule has 2 aromatic carbocycles. The van der Waals surface area contributed by atoms with Crippen molar-refractivity contribution in [1.29, 1.82) is 5.41 Å². The topological polar surface area (TPSA) is 536 Å². The van der Waals surface area contributed by atoms with E-state index in [2.05, 4.69) is 88.7 Å². The number of nitrogens with one attached hydrogen (secondary N) is 16. The molecule has 7 rings (SSSR count). The lowest BCUT2D eigenvalue weighted by Gasteiger charge is -2.33. The van der Waals surface area contributed by atoms with Gasteiger partial charge < -0.3 is 101 Å². The van der Waals surface area contributed by atoms with Crippen molar-refractivity contribution in [1.82, 2.24) is 93.6 Å². The average Bonchev–Trinajstić information content (AvgIpc) is 1.74. The molecule has 0 bridgehead atoms. The van der Waals surface area contributed by atoms with Crippen LogP contribution in [0, 0.1) is 5.41 Å². The van der Waals surface area contributed by atoms with Crippen molar-refractivity contribution in [3.63, 3.8) is 0 Å². The van der Waals surface area contributed by atoms with Crippen LogP contribution in [0.2, 0.25) is 0 Å². The van der Waals surface area contributed by atoms with Crippen LogP contribution in [0.1, 0.15) is 120 Å². The molecule has 5 heterocycles. The fourth-order valence-corrected chi connectivity index (χ4v) is 13.8. The molecule has 36 heteroatoms. The van der Waals surface area contributed by atoms with Crippen LogP contribution in [-0.4, -0.2) is 212 Å². The van der Waals surface area contributed by atoms with Gasteiger partial charge in [0.1, 0.15) is 54.4 Å². The maximum atomic E-state index is 15.2. The SMILES string of the molecule is CSSC1NC(=O)[C@H](CCCNC(=N)N)NC(=O)[C@H](CCCCN)NC(=O)[C@H](CCCCN)NC(=O)[C@H](CCCCN)NC(=O)[C@H](C)NC(=O)[C@H](C)NC(=O)[C@H](Cc2c[nH]c3ccccc23)NC(=O)[C@H](Cc2c[nH]cn2)NC(=O)[C@@H](Cc2ccccc2)NC(=O)[C@H](Cc2c[nH]cn2)N[C@@H]2CCCN2C1=O. The summed E-state index contributed by atoms with van der Waals surface area (Å²) in [6.45, 7) is 3.78. The Morgan fingerprint density at radius 3 is 1.48 bits per heavy atom. The molecule has 0 aliphatic carbocycles. The van der Waals surface area contributed by atoms with Crippen molar-refractivity contribution in [3.8, 4) is 0 Å². The van der Waals surface area contributed by atoms with E-state index in [0.717, 1.165) is 21.7 Å². The van der Waals surface area contributed by atoms with Crippen molar-refractivity contribution >= 4 is 103 Å². The summed E-state index contributed by atoms with van der Waals surface area (Å²) in [5.74, 6) is -8.80. The van der Waals surface area contributed by atoms with Crippen molar-refractivity contribution in [2.24, 2.45) is 22.9 Å². The molecule has 0 spiro atoms. The molecular weight excluding hydrogens is 1390 g/mol. The first-order valence-electron chi connectivity index (χ1n) is 35.6. The molecule has 5 aromatic rings. The third-order valence-electron chi connectivity index (χ3n) is 18.0.